The average molecular weight is 533 g/mol. The Morgan fingerprint density at radius 2 is 1.03 bits per heavy atom. The van der Waals surface area contributed by atoms with Gasteiger partial charge in [0, 0.05) is 13.1 Å². The van der Waals surface area contributed by atoms with Gasteiger partial charge < -0.3 is 28.7 Å². The number of nitrogens with zero attached hydrogens (tertiary/aromatic N) is 2. The predicted molar refractivity (Wildman–Crippen MR) is 139 cm³/mol. The zero-order valence-corrected chi connectivity index (χ0v) is 23.3. The summed E-state index contributed by atoms with van der Waals surface area (Å²) in [5.74, 6) is -0.454. The summed E-state index contributed by atoms with van der Waals surface area (Å²) in [6, 6.07) is 5.38. The Labute approximate surface area is 224 Å². The van der Waals surface area contributed by atoms with Gasteiger partial charge in [0.2, 0.25) is 0 Å². The standard InChI is InChI=1S/C28H40N2O8/c1-27(2,3)37-25(33)21-9-7-15-29(21)23(31)17-35-19-11-13-20(14-12-19)36-18-24(32)30-16-8-10-22(30)26(34)38-28(4,5)6/h11-14,21-22H,7-10,15-18H2,1-6H3. The molecule has 2 atom stereocenters. The van der Waals surface area contributed by atoms with Crippen LogP contribution in [-0.4, -0.2) is 83.1 Å². The van der Waals surface area contributed by atoms with Crippen LogP contribution in [0.3, 0.4) is 0 Å². The molecule has 0 saturated carbocycles. The van der Waals surface area contributed by atoms with Crippen LogP contribution in [-0.2, 0) is 28.7 Å². The molecule has 1 aromatic rings. The van der Waals surface area contributed by atoms with E-state index in [0.29, 0.717) is 37.4 Å². The number of hydrogen-bond donors (Lipinski definition) is 0. The zero-order valence-electron chi connectivity index (χ0n) is 23.3. The maximum atomic E-state index is 12.7. The van der Waals surface area contributed by atoms with E-state index in [-0.39, 0.29) is 25.0 Å². The highest BCUT2D eigenvalue weighted by Crippen LogP contribution is 2.24. The predicted octanol–water partition coefficient (Wildman–Crippen LogP) is 3.11. The van der Waals surface area contributed by atoms with Gasteiger partial charge in [0.25, 0.3) is 11.8 Å². The molecule has 2 fully saturated rings. The van der Waals surface area contributed by atoms with Gasteiger partial charge in [0.15, 0.2) is 13.2 Å². The number of carbonyl (C=O) groups is 4. The summed E-state index contributed by atoms with van der Waals surface area (Å²) in [7, 11) is 0. The molecule has 0 bridgehead atoms. The molecule has 0 aliphatic carbocycles. The number of benzene rings is 1. The first-order valence-corrected chi connectivity index (χ1v) is 13.1. The van der Waals surface area contributed by atoms with Crippen LogP contribution in [0, 0.1) is 0 Å². The Morgan fingerprint density at radius 3 is 1.34 bits per heavy atom. The summed E-state index contributed by atoms with van der Waals surface area (Å²) >= 11 is 0. The third-order valence-electron chi connectivity index (χ3n) is 6.05. The molecule has 3 rings (SSSR count). The zero-order chi connectivity index (χ0) is 28.1. The summed E-state index contributed by atoms with van der Waals surface area (Å²) in [5, 5.41) is 0. The van der Waals surface area contributed by atoms with Crippen molar-refractivity contribution in [2.75, 3.05) is 26.3 Å². The van der Waals surface area contributed by atoms with E-state index in [4.69, 9.17) is 18.9 Å². The highest BCUT2D eigenvalue weighted by Gasteiger charge is 2.38. The Hall–Kier alpha value is -3.30. The molecule has 38 heavy (non-hydrogen) atoms. The molecule has 0 radical (unpaired) electrons. The molecule has 2 aliphatic heterocycles. The molecule has 10 nitrogen and oxygen atoms in total. The SMILES string of the molecule is CC(C)(C)OC(=O)C1CCCN1C(=O)COc1ccc(OCC(=O)N2CCCC2C(=O)OC(C)(C)C)cc1. The number of likely N-dealkylation sites (tertiary alicyclic amines) is 2. The monoisotopic (exact) mass is 532 g/mol. The molecular formula is C28H40N2O8. The second-order valence-electron chi connectivity index (χ2n) is 11.6. The van der Waals surface area contributed by atoms with Crippen LogP contribution in [0.15, 0.2) is 24.3 Å². The molecule has 2 heterocycles. The summed E-state index contributed by atoms with van der Waals surface area (Å²) in [5.41, 5.74) is -1.23. The first kappa shape index (κ1) is 29.3. The number of esters is 2. The molecule has 0 N–H and O–H groups in total. The van der Waals surface area contributed by atoms with Crippen LogP contribution < -0.4 is 9.47 Å². The van der Waals surface area contributed by atoms with Gasteiger partial charge in [-0.1, -0.05) is 0 Å². The maximum absolute atomic E-state index is 12.7. The minimum Gasteiger partial charge on any atom is -0.484 e. The molecular weight excluding hydrogens is 492 g/mol. The lowest BCUT2D eigenvalue weighted by Crippen LogP contribution is -2.45. The molecule has 0 aromatic heterocycles. The van der Waals surface area contributed by atoms with Crippen LogP contribution in [0.5, 0.6) is 11.5 Å². The fourth-order valence-corrected chi connectivity index (χ4v) is 4.45. The highest BCUT2D eigenvalue weighted by molar-refractivity contribution is 5.87. The third-order valence-corrected chi connectivity index (χ3v) is 6.05. The molecule has 2 amide bonds. The van der Waals surface area contributed by atoms with Crippen molar-refractivity contribution >= 4 is 23.8 Å². The molecule has 2 aliphatic rings. The number of amides is 2. The second-order valence-corrected chi connectivity index (χ2v) is 11.6. The Kier molecular flexibility index (Phi) is 9.27. The number of rotatable bonds is 8. The fourth-order valence-electron chi connectivity index (χ4n) is 4.45. The van der Waals surface area contributed by atoms with Crippen LogP contribution >= 0.6 is 0 Å². The van der Waals surface area contributed by atoms with Gasteiger partial charge in [-0.3, -0.25) is 9.59 Å². The Balaban J connectivity index is 1.46. The molecule has 0 spiro atoms. The third kappa shape index (κ3) is 8.36. The first-order chi connectivity index (χ1) is 17.7. The van der Waals surface area contributed by atoms with Gasteiger partial charge in [-0.25, -0.2) is 9.59 Å². The van der Waals surface area contributed by atoms with Crippen molar-refractivity contribution in [3.8, 4) is 11.5 Å². The molecule has 210 valence electrons. The van der Waals surface area contributed by atoms with Crippen LogP contribution in [0.2, 0.25) is 0 Å². The van der Waals surface area contributed by atoms with E-state index in [0.717, 1.165) is 12.8 Å². The van der Waals surface area contributed by atoms with E-state index in [2.05, 4.69) is 0 Å². The molecule has 2 unspecified atom stereocenters. The summed E-state index contributed by atoms with van der Waals surface area (Å²) in [6.07, 6.45) is 2.61. The minimum atomic E-state index is -0.617. The van der Waals surface area contributed by atoms with Gasteiger partial charge in [0.1, 0.15) is 34.8 Å². The molecule has 2 saturated heterocycles. The quantitative estimate of drug-likeness (QED) is 0.470. The number of carbonyl (C=O) groups excluding carboxylic acids is 4. The van der Waals surface area contributed by atoms with Gasteiger partial charge in [-0.2, -0.15) is 0 Å². The smallest absolute Gasteiger partial charge is 0.329 e. The van der Waals surface area contributed by atoms with Crippen molar-refractivity contribution in [3.05, 3.63) is 24.3 Å². The van der Waals surface area contributed by atoms with Crippen molar-refractivity contribution in [2.24, 2.45) is 0 Å². The Bertz CT molecular complexity index is 928. The van der Waals surface area contributed by atoms with E-state index in [1.54, 1.807) is 65.8 Å². The summed E-state index contributed by atoms with van der Waals surface area (Å²) < 4.78 is 22.2. The van der Waals surface area contributed by atoms with Crippen LogP contribution in [0.1, 0.15) is 67.2 Å². The van der Waals surface area contributed by atoms with Crippen molar-refractivity contribution in [1.29, 1.82) is 0 Å². The number of ether oxygens (including phenoxy) is 4. The topological polar surface area (TPSA) is 112 Å². The largest absolute Gasteiger partial charge is 0.484 e. The van der Waals surface area contributed by atoms with Gasteiger partial charge >= 0.3 is 11.9 Å². The van der Waals surface area contributed by atoms with E-state index in [1.807, 2.05) is 0 Å². The highest BCUT2D eigenvalue weighted by atomic mass is 16.6. The molecule has 1 aromatic carbocycles. The Morgan fingerprint density at radius 1 is 0.684 bits per heavy atom. The van der Waals surface area contributed by atoms with Crippen LogP contribution in [0.25, 0.3) is 0 Å². The second kappa shape index (κ2) is 12.0. The first-order valence-electron chi connectivity index (χ1n) is 13.1. The lowest BCUT2D eigenvalue weighted by Gasteiger charge is -2.27. The van der Waals surface area contributed by atoms with Crippen molar-refractivity contribution in [2.45, 2.75) is 90.5 Å². The fraction of sp³-hybridized carbons (Fsp3) is 0.643. The maximum Gasteiger partial charge on any atom is 0.329 e. The lowest BCUT2D eigenvalue weighted by molar-refractivity contribution is -0.164. The van der Waals surface area contributed by atoms with Gasteiger partial charge in [-0.15, -0.1) is 0 Å². The van der Waals surface area contributed by atoms with E-state index < -0.39 is 35.2 Å². The summed E-state index contributed by atoms with van der Waals surface area (Å²) in [6.45, 7) is 11.3. The van der Waals surface area contributed by atoms with Gasteiger partial charge in [-0.05, 0) is 91.5 Å². The van der Waals surface area contributed by atoms with E-state index >= 15 is 0 Å². The lowest BCUT2D eigenvalue weighted by atomic mass is 10.1. The van der Waals surface area contributed by atoms with Crippen LogP contribution in [0.4, 0.5) is 0 Å². The average Bonchev–Trinajstić information content (AvgIpc) is 3.50. The minimum absolute atomic E-state index is 0.209. The van der Waals surface area contributed by atoms with E-state index in [9.17, 15) is 19.2 Å². The number of hydrogen-bond acceptors (Lipinski definition) is 8. The molecule has 10 heteroatoms. The van der Waals surface area contributed by atoms with Gasteiger partial charge in [0.05, 0.1) is 0 Å². The normalized spacial score (nSPS) is 19.7. The van der Waals surface area contributed by atoms with Crippen molar-refractivity contribution in [1.82, 2.24) is 9.80 Å². The van der Waals surface area contributed by atoms with Crippen molar-refractivity contribution in [3.63, 3.8) is 0 Å². The van der Waals surface area contributed by atoms with E-state index in [1.165, 1.54) is 9.80 Å². The van der Waals surface area contributed by atoms with Crippen molar-refractivity contribution < 1.29 is 38.1 Å². The summed E-state index contributed by atoms with van der Waals surface area (Å²) in [4.78, 5) is 53.4.